The molecule has 0 saturated carbocycles. The number of nitrogens with two attached hydrogens (primary N) is 1. The van der Waals surface area contributed by atoms with Gasteiger partial charge in [0, 0.05) is 13.8 Å². The molecule has 0 aliphatic heterocycles. The Bertz CT molecular complexity index is 369. The fourth-order valence-corrected chi connectivity index (χ4v) is 0.931. The lowest BCUT2D eigenvalue weighted by Crippen LogP contribution is -2.13. The molecular weight excluding hydrogens is 188 g/mol. The van der Waals surface area contributed by atoms with Crippen LogP contribution < -0.4 is 5.73 Å². The molecule has 1 rings (SSSR count). The van der Waals surface area contributed by atoms with Gasteiger partial charge in [-0.05, 0) is 0 Å². The van der Waals surface area contributed by atoms with Gasteiger partial charge >= 0.3 is 5.97 Å². The number of ether oxygens (including phenoxy) is 1. The number of oxazole rings is 1. The van der Waals surface area contributed by atoms with Crippen LogP contribution in [0.3, 0.4) is 0 Å². The van der Waals surface area contributed by atoms with Crippen molar-refractivity contribution in [3.05, 3.63) is 17.3 Å². The standard InChI is InChI=1S/C8H10N2O4/c1-4-10-6(3-13-5(2)11)7(14-4)8(9)12/h3H2,1-2H3,(H2,9,12). The summed E-state index contributed by atoms with van der Waals surface area (Å²) < 4.78 is 9.59. The predicted octanol–water partition coefficient (Wildman–Crippen LogP) is 0.145. The third-order valence-electron chi connectivity index (χ3n) is 1.44. The highest BCUT2D eigenvalue weighted by Crippen LogP contribution is 2.10. The van der Waals surface area contributed by atoms with E-state index in [1.165, 1.54) is 6.92 Å². The first-order valence-corrected chi connectivity index (χ1v) is 3.90. The predicted molar refractivity (Wildman–Crippen MR) is 45.2 cm³/mol. The Hall–Kier alpha value is -1.85. The number of aromatic nitrogens is 1. The molecule has 1 heterocycles. The number of carbonyl (C=O) groups is 2. The molecule has 0 atom stereocenters. The van der Waals surface area contributed by atoms with Crippen molar-refractivity contribution in [2.24, 2.45) is 5.73 Å². The fraction of sp³-hybridized carbons (Fsp3) is 0.375. The number of aryl methyl sites for hydroxylation is 1. The molecule has 6 nitrogen and oxygen atoms in total. The van der Waals surface area contributed by atoms with Gasteiger partial charge in [-0.25, -0.2) is 4.98 Å². The smallest absolute Gasteiger partial charge is 0.303 e. The van der Waals surface area contributed by atoms with Gasteiger partial charge in [0.05, 0.1) is 0 Å². The average Bonchev–Trinajstić information content (AvgIpc) is 2.43. The maximum absolute atomic E-state index is 10.8. The minimum Gasteiger partial charge on any atom is -0.459 e. The van der Waals surface area contributed by atoms with Crippen molar-refractivity contribution < 1.29 is 18.7 Å². The summed E-state index contributed by atoms with van der Waals surface area (Å²) in [4.78, 5) is 25.2. The summed E-state index contributed by atoms with van der Waals surface area (Å²) in [7, 11) is 0. The highest BCUT2D eigenvalue weighted by molar-refractivity contribution is 5.90. The van der Waals surface area contributed by atoms with Gasteiger partial charge in [-0.2, -0.15) is 0 Å². The minimum atomic E-state index is -0.729. The summed E-state index contributed by atoms with van der Waals surface area (Å²) in [6.45, 7) is 2.73. The third kappa shape index (κ3) is 2.32. The van der Waals surface area contributed by atoms with Gasteiger partial charge in [-0.1, -0.05) is 0 Å². The van der Waals surface area contributed by atoms with Crippen molar-refractivity contribution in [1.82, 2.24) is 4.98 Å². The first-order chi connectivity index (χ1) is 6.50. The van der Waals surface area contributed by atoms with E-state index in [1.54, 1.807) is 6.92 Å². The van der Waals surface area contributed by atoms with Crippen LogP contribution in [0.25, 0.3) is 0 Å². The van der Waals surface area contributed by atoms with E-state index >= 15 is 0 Å². The van der Waals surface area contributed by atoms with Gasteiger partial charge < -0.3 is 14.9 Å². The molecule has 2 N–H and O–H groups in total. The van der Waals surface area contributed by atoms with Gasteiger partial charge in [0.25, 0.3) is 5.91 Å². The number of hydrogen-bond donors (Lipinski definition) is 1. The molecule has 0 aromatic carbocycles. The van der Waals surface area contributed by atoms with Crippen molar-refractivity contribution >= 4 is 11.9 Å². The zero-order valence-electron chi connectivity index (χ0n) is 7.86. The summed E-state index contributed by atoms with van der Waals surface area (Å²) in [5.74, 6) is -0.946. The molecular formula is C8H10N2O4. The molecule has 1 aromatic heterocycles. The maximum Gasteiger partial charge on any atom is 0.303 e. The molecule has 0 unspecified atom stereocenters. The molecule has 0 bridgehead atoms. The van der Waals surface area contributed by atoms with Crippen LogP contribution in [-0.4, -0.2) is 16.9 Å². The number of rotatable bonds is 3. The Balaban J connectivity index is 2.84. The van der Waals surface area contributed by atoms with Crippen LogP contribution in [0.4, 0.5) is 0 Å². The van der Waals surface area contributed by atoms with E-state index in [1.807, 2.05) is 0 Å². The third-order valence-corrected chi connectivity index (χ3v) is 1.44. The molecule has 0 saturated heterocycles. The first kappa shape index (κ1) is 10.2. The van der Waals surface area contributed by atoms with E-state index in [0.29, 0.717) is 5.89 Å². The number of nitrogens with zero attached hydrogens (tertiary/aromatic N) is 1. The second-order valence-corrected chi connectivity index (χ2v) is 2.65. The topological polar surface area (TPSA) is 95.4 Å². The fourth-order valence-electron chi connectivity index (χ4n) is 0.931. The summed E-state index contributed by atoms with van der Waals surface area (Å²) in [5.41, 5.74) is 5.26. The van der Waals surface area contributed by atoms with Gasteiger partial charge in [0.2, 0.25) is 5.76 Å². The lowest BCUT2D eigenvalue weighted by molar-refractivity contribution is -0.142. The van der Waals surface area contributed by atoms with Crippen LogP contribution in [0, 0.1) is 6.92 Å². The van der Waals surface area contributed by atoms with Gasteiger partial charge in [-0.15, -0.1) is 0 Å². The second-order valence-electron chi connectivity index (χ2n) is 2.65. The van der Waals surface area contributed by atoms with E-state index in [0.717, 1.165) is 0 Å². The summed E-state index contributed by atoms with van der Waals surface area (Å²) in [5, 5.41) is 0. The highest BCUT2D eigenvalue weighted by atomic mass is 16.5. The molecule has 14 heavy (non-hydrogen) atoms. The molecule has 76 valence electrons. The van der Waals surface area contributed by atoms with Crippen molar-refractivity contribution in [1.29, 1.82) is 0 Å². The maximum atomic E-state index is 10.8. The molecule has 0 aliphatic rings. The molecule has 0 fully saturated rings. The Morgan fingerprint density at radius 2 is 2.21 bits per heavy atom. The average molecular weight is 198 g/mol. The first-order valence-electron chi connectivity index (χ1n) is 3.90. The highest BCUT2D eigenvalue weighted by Gasteiger charge is 2.16. The molecule has 1 amide bonds. The lowest BCUT2D eigenvalue weighted by atomic mass is 10.3. The van der Waals surface area contributed by atoms with Gasteiger partial charge in [0.15, 0.2) is 5.89 Å². The minimum absolute atomic E-state index is 0.0660. The van der Waals surface area contributed by atoms with Crippen LogP contribution in [-0.2, 0) is 16.1 Å². The van der Waals surface area contributed by atoms with E-state index in [4.69, 9.17) is 10.2 Å². The number of hydrogen-bond acceptors (Lipinski definition) is 5. The lowest BCUT2D eigenvalue weighted by Gasteiger charge is -1.98. The van der Waals surface area contributed by atoms with Crippen molar-refractivity contribution in [2.45, 2.75) is 20.5 Å². The number of esters is 1. The molecule has 0 aliphatic carbocycles. The van der Waals surface area contributed by atoms with Crippen molar-refractivity contribution in [3.63, 3.8) is 0 Å². The quantitative estimate of drug-likeness (QED) is 0.697. The van der Waals surface area contributed by atoms with E-state index in [-0.39, 0.29) is 18.1 Å². The van der Waals surface area contributed by atoms with E-state index < -0.39 is 11.9 Å². The van der Waals surface area contributed by atoms with Gasteiger partial charge in [0.1, 0.15) is 12.3 Å². The van der Waals surface area contributed by atoms with Gasteiger partial charge in [-0.3, -0.25) is 9.59 Å². The van der Waals surface area contributed by atoms with E-state index in [9.17, 15) is 9.59 Å². The zero-order chi connectivity index (χ0) is 10.7. The Kier molecular flexibility index (Phi) is 2.85. The molecule has 0 spiro atoms. The van der Waals surface area contributed by atoms with Crippen molar-refractivity contribution in [2.75, 3.05) is 0 Å². The van der Waals surface area contributed by atoms with Crippen LogP contribution in [0.15, 0.2) is 4.42 Å². The largest absolute Gasteiger partial charge is 0.459 e. The van der Waals surface area contributed by atoms with Crippen LogP contribution in [0.2, 0.25) is 0 Å². The van der Waals surface area contributed by atoms with E-state index in [2.05, 4.69) is 9.72 Å². The second kappa shape index (κ2) is 3.91. The van der Waals surface area contributed by atoms with Crippen LogP contribution in [0.1, 0.15) is 29.1 Å². The Labute approximate surface area is 80.0 Å². The summed E-state index contributed by atoms with van der Waals surface area (Å²) in [6.07, 6.45) is 0. The zero-order valence-corrected chi connectivity index (χ0v) is 7.86. The number of amides is 1. The normalized spacial score (nSPS) is 9.86. The monoisotopic (exact) mass is 198 g/mol. The van der Waals surface area contributed by atoms with Crippen molar-refractivity contribution in [3.8, 4) is 0 Å². The van der Waals surface area contributed by atoms with Crippen LogP contribution in [0.5, 0.6) is 0 Å². The Morgan fingerprint density at radius 3 is 2.71 bits per heavy atom. The SMILES string of the molecule is CC(=O)OCc1nc(C)oc1C(N)=O. The molecule has 6 heteroatoms. The van der Waals surface area contributed by atoms with Crippen LogP contribution >= 0.6 is 0 Å². The Morgan fingerprint density at radius 1 is 1.57 bits per heavy atom. The number of primary amides is 1. The molecule has 1 aromatic rings. The summed E-state index contributed by atoms with van der Waals surface area (Å²) in [6, 6.07) is 0. The molecule has 0 radical (unpaired) electrons. The number of carbonyl (C=O) groups excluding carboxylic acids is 2. The summed E-state index contributed by atoms with van der Waals surface area (Å²) >= 11 is 0.